The first-order chi connectivity index (χ1) is 8.36. The molecule has 1 unspecified atom stereocenters. The second kappa shape index (κ2) is 3.99. The SMILES string of the molecule is NC(c1cnccn1)c1c[nH]c2ccccc12. The Morgan fingerprint density at radius 3 is 2.88 bits per heavy atom. The minimum atomic E-state index is -0.250. The van der Waals surface area contributed by atoms with E-state index in [1.807, 2.05) is 24.4 Å². The van der Waals surface area contributed by atoms with Crippen LogP contribution in [0.1, 0.15) is 17.3 Å². The second-order valence-electron chi connectivity index (χ2n) is 3.90. The molecule has 3 N–H and O–H groups in total. The first kappa shape index (κ1) is 9.99. The molecule has 0 spiro atoms. The van der Waals surface area contributed by atoms with Gasteiger partial charge in [-0.1, -0.05) is 18.2 Å². The molecular formula is C13H12N4. The summed E-state index contributed by atoms with van der Waals surface area (Å²) in [6.45, 7) is 0. The van der Waals surface area contributed by atoms with Crippen LogP contribution in [0.4, 0.5) is 0 Å². The van der Waals surface area contributed by atoms with Gasteiger partial charge in [0.15, 0.2) is 0 Å². The Kier molecular flexibility index (Phi) is 2.34. The van der Waals surface area contributed by atoms with Crippen LogP contribution in [0.3, 0.4) is 0 Å². The molecule has 0 saturated heterocycles. The van der Waals surface area contributed by atoms with E-state index in [1.165, 1.54) is 0 Å². The number of rotatable bonds is 2. The van der Waals surface area contributed by atoms with Gasteiger partial charge in [-0.2, -0.15) is 0 Å². The van der Waals surface area contributed by atoms with Crippen molar-refractivity contribution in [3.05, 3.63) is 60.3 Å². The standard InChI is InChI=1S/C13H12N4/c14-13(12-8-15-5-6-16-12)10-7-17-11-4-2-1-3-9(10)11/h1-8,13,17H,14H2. The van der Waals surface area contributed by atoms with Crippen LogP contribution in [0.5, 0.6) is 0 Å². The van der Waals surface area contributed by atoms with E-state index < -0.39 is 0 Å². The predicted molar refractivity (Wildman–Crippen MR) is 66.4 cm³/mol. The van der Waals surface area contributed by atoms with E-state index >= 15 is 0 Å². The van der Waals surface area contributed by atoms with Gasteiger partial charge < -0.3 is 10.7 Å². The molecule has 2 heterocycles. The molecule has 0 radical (unpaired) electrons. The van der Waals surface area contributed by atoms with Gasteiger partial charge in [0.2, 0.25) is 0 Å². The van der Waals surface area contributed by atoms with Gasteiger partial charge in [0.05, 0.1) is 17.9 Å². The number of aromatic nitrogens is 3. The Hall–Kier alpha value is -2.20. The van der Waals surface area contributed by atoms with Crippen molar-refractivity contribution in [1.82, 2.24) is 15.0 Å². The minimum Gasteiger partial charge on any atom is -0.361 e. The molecule has 3 aromatic rings. The van der Waals surface area contributed by atoms with Crippen molar-refractivity contribution in [1.29, 1.82) is 0 Å². The largest absolute Gasteiger partial charge is 0.361 e. The van der Waals surface area contributed by atoms with Crippen LogP contribution in [0, 0.1) is 0 Å². The maximum Gasteiger partial charge on any atom is 0.0800 e. The average Bonchev–Trinajstić information content (AvgIpc) is 2.83. The van der Waals surface area contributed by atoms with Crippen LogP contribution < -0.4 is 5.73 Å². The fraction of sp³-hybridized carbons (Fsp3) is 0.0769. The van der Waals surface area contributed by atoms with Crippen LogP contribution >= 0.6 is 0 Å². The van der Waals surface area contributed by atoms with Gasteiger partial charge in [-0.05, 0) is 6.07 Å². The third-order valence-corrected chi connectivity index (χ3v) is 2.86. The van der Waals surface area contributed by atoms with Gasteiger partial charge in [-0.3, -0.25) is 9.97 Å². The van der Waals surface area contributed by atoms with Gasteiger partial charge in [0, 0.05) is 35.1 Å². The maximum atomic E-state index is 6.20. The predicted octanol–water partition coefficient (Wildman–Crippen LogP) is 2.01. The number of H-pyrrole nitrogens is 1. The fourth-order valence-electron chi connectivity index (χ4n) is 1.98. The number of benzene rings is 1. The molecule has 1 atom stereocenters. The number of para-hydroxylation sites is 1. The molecule has 0 aliphatic rings. The van der Waals surface area contributed by atoms with E-state index in [0.29, 0.717) is 0 Å². The van der Waals surface area contributed by atoms with Crippen molar-refractivity contribution in [2.45, 2.75) is 6.04 Å². The normalized spacial score (nSPS) is 12.8. The summed E-state index contributed by atoms with van der Waals surface area (Å²) in [5.41, 5.74) is 9.11. The van der Waals surface area contributed by atoms with Crippen LogP contribution in [0.2, 0.25) is 0 Å². The Balaban J connectivity index is 2.10. The van der Waals surface area contributed by atoms with Crippen LogP contribution in [-0.4, -0.2) is 15.0 Å². The number of hydrogen-bond acceptors (Lipinski definition) is 3. The molecule has 0 amide bonds. The topological polar surface area (TPSA) is 67.6 Å². The highest BCUT2D eigenvalue weighted by Crippen LogP contribution is 2.25. The molecule has 1 aromatic carbocycles. The third kappa shape index (κ3) is 1.68. The number of nitrogens with zero attached hydrogens (tertiary/aromatic N) is 2. The highest BCUT2D eigenvalue weighted by molar-refractivity contribution is 5.83. The quantitative estimate of drug-likeness (QED) is 0.699. The van der Waals surface area contributed by atoms with Crippen LogP contribution in [0.15, 0.2) is 49.1 Å². The molecule has 4 heteroatoms. The zero-order valence-corrected chi connectivity index (χ0v) is 9.17. The van der Waals surface area contributed by atoms with Crippen molar-refractivity contribution < 1.29 is 0 Å². The first-order valence-corrected chi connectivity index (χ1v) is 5.44. The number of nitrogens with one attached hydrogen (secondary N) is 1. The Morgan fingerprint density at radius 1 is 1.18 bits per heavy atom. The average molecular weight is 224 g/mol. The summed E-state index contributed by atoms with van der Waals surface area (Å²) >= 11 is 0. The lowest BCUT2D eigenvalue weighted by molar-refractivity contribution is 0.824. The lowest BCUT2D eigenvalue weighted by Gasteiger charge is -2.09. The molecule has 0 fully saturated rings. The lowest BCUT2D eigenvalue weighted by atomic mass is 10.0. The van der Waals surface area contributed by atoms with Crippen molar-refractivity contribution in [3.63, 3.8) is 0 Å². The Morgan fingerprint density at radius 2 is 2.06 bits per heavy atom. The van der Waals surface area contributed by atoms with Gasteiger partial charge >= 0.3 is 0 Å². The molecule has 3 rings (SSSR count). The second-order valence-corrected chi connectivity index (χ2v) is 3.90. The molecule has 0 aliphatic carbocycles. The van der Waals surface area contributed by atoms with Crippen molar-refractivity contribution in [2.75, 3.05) is 0 Å². The highest BCUT2D eigenvalue weighted by atomic mass is 14.8. The monoisotopic (exact) mass is 224 g/mol. The minimum absolute atomic E-state index is 0.250. The van der Waals surface area contributed by atoms with Crippen molar-refractivity contribution in [2.24, 2.45) is 5.73 Å². The van der Waals surface area contributed by atoms with E-state index in [-0.39, 0.29) is 6.04 Å². The van der Waals surface area contributed by atoms with E-state index in [4.69, 9.17) is 5.73 Å². The van der Waals surface area contributed by atoms with Crippen molar-refractivity contribution in [3.8, 4) is 0 Å². The molecule has 17 heavy (non-hydrogen) atoms. The highest BCUT2D eigenvalue weighted by Gasteiger charge is 2.14. The van der Waals surface area contributed by atoms with Crippen molar-refractivity contribution >= 4 is 10.9 Å². The summed E-state index contributed by atoms with van der Waals surface area (Å²) in [6.07, 6.45) is 6.94. The van der Waals surface area contributed by atoms with Crippen LogP contribution in [-0.2, 0) is 0 Å². The number of aromatic amines is 1. The fourth-order valence-corrected chi connectivity index (χ4v) is 1.98. The Bertz CT molecular complexity index is 630. The number of fused-ring (bicyclic) bond motifs is 1. The molecule has 84 valence electrons. The summed E-state index contributed by atoms with van der Waals surface area (Å²) in [5, 5.41) is 1.13. The van der Waals surface area contributed by atoms with Gasteiger partial charge in [0.1, 0.15) is 0 Å². The van der Waals surface area contributed by atoms with Gasteiger partial charge in [-0.25, -0.2) is 0 Å². The summed E-state index contributed by atoms with van der Waals surface area (Å²) in [6, 6.07) is 7.83. The smallest absolute Gasteiger partial charge is 0.0800 e. The molecule has 4 nitrogen and oxygen atoms in total. The molecule has 2 aromatic heterocycles. The number of nitrogens with two attached hydrogens (primary N) is 1. The molecule has 0 aliphatic heterocycles. The first-order valence-electron chi connectivity index (χ1n) is 5.44. The summed E-state index contributed by atoms with van der Waals surface area (Å²) in [5.74, 6) is 0. The summed E-state index contributed by atoms with van der Waals surface area (Å²) in [7, 11) is 0. The zero-order chi connectivity index (χ0) is 11.7. The van der Waals surface area contributed by atoms with E-state index in [1.54, 1.807) is 18.6 Å². The van der Waals surface area contributed by atoms with E-state index in [2.05, 4.69) is 21.0 Å². The van der Waals surface area contributed by atoms with Gasteiger partial charge in [0.25, 0.3) is 0 Å². The molecule has 0 saturated carbocycles. The maximum absolute atomic E-state index is 6.20. The zero-order valence-electron chi connectivity index (χ0n) is 9.17. The lowest BCUT2D eigenvalue weighted by Crippen LogP contribution is -2.13. The third-order valence-electron chi connectivity index (χ3n) is 2.86. The summed E-state index contributed by atoms with van der Waals surface area (Å²) in [4.78, 5) is 11.5. The Labute approximate surface area is 98.5 Å². The number of hydrogen-bond donors (Lipinski definition) is 2. The van der Waals surface area contributed by atoms with E-state index in [9.17, 15) is 0 Å². The van der Waals surface area contributed by atoms with Crippen LogP contribution in [0.25, 0.3) is 10.9 Å². The summed E-state index contributed by atoms with van der Waals surface area (Å²) < 4.78 is 0. The molecule has 0 bridgehead atoms. The molecular weight excluding hydrogens is 212 g/mol. The van der Waals surface area contributed by atoms with Gasteiger partial charge in [-0.15, -0.1) is 0 Å². The van der Waals surface area contributed by atoms with E-state index in [0.717, 1.165) is 22.2 Å².